The highest BCUT2D eigenvalue weighted by Crippen LogP contribution is 2.30. The van der Waals surface area contributed by atoms with E-state index in [0.29, 0.717) is 51.6 Å². The van der Waals surface area contributed by atoms with Crippen molar-refractivity contribution in [1.82, 2.24) is 14.7 Å². The van der Waals surface area contributed by atoms with Gasteiger partial charge in [0, 0.05) is 45.2 Å². The molecule has 0 radical (unpaired) electrons. The van der Waals surface area contributed by atoms with Crippen LogP contribution in [0.2, 0.25) is 0 Å². The number of benzene rings is 1. The SMILES string of the molecule is COc1cccc(CC(=O)N2CCN(C(=O)C3CC(=O)N(C4CCCC4)C3)CC2)c1. The first kappa shape index (κ1) is 20.7. The molecule has 1 saturated carbocycles. The van der Waals surface area contributed by atoms with Gasteiger partial charge in [-0.3, -0.25) is 14.4 Å². The summed E-state index contributed by atoms with van der Waals surface area (Å²) >= 11 is 0. The van der Waals surface area contributed by atoms with Crippen molar-refractivity contribution < 1.29 is 19.1 Å². The van der Waals surface area contributed by atoms with Gasteiger partial charge < -0.3 is 19.4 Å². The Morgan fingerprint density at radius 3 is 2.47 bits per heavy atom. The zero-order valence-electron chi connectivity index (χ0n) is 17.7. The molecule has 3 aliphatic rings. The number of carbonyl (C=O) groups excluding carboxylic acids is 3. The molecule has 3 fully saturated rings. The normalized spacial score (nSPS) is 22.6. The van der Waals surface area contributed by atoms with E-state index in [4.69, 9.17) is 4.74 Å². The van der Waals surface area contributed by atoms with E-state index in [1.807, 2.05) is 39.0 Å². The van der Waals surface area contributed by atoms with Gasteiger partial charge in [-0.1, -0.05) is 25.0 Å². The van der Waals surface area contributed by atoms with Crippen molar-refractivity contribution in [3.05, 3.63) is 29.8 Å². The van der Waals surface area contributed by atoms with Gasteiger partial charge in [-0.25, -0.2) is 0 Å². The third-order valence-electron chi connectivity index (χ3n) is 6.71. The number of piperazine rings is 1. The molecule has 1 atom stereocenters. The lowest BCUT2D eigenvalue weighted by atomic mass is 10.1. The van der Waals surface area contributed by atoms with Gasteiger partial charge in [0.1, 0.15) is 5.75 Å². The van der Waals surface area contributed by atoms with Crippen molar-refractivity contribution in [2.24, 2.45) is 5.92 Å². The largest absolute Gasteiger partial charge is 0.497 e. The minimum Gasteiger partial charge on any atom is -0.497 e. The Hall–Kier alpha value is -2.57. The molecule has 0 spiro atoms. The van der Waals surface area contributed by atoms with E-state index in [0.717, 1.165) is 24.2 Å². The van der Waals surface area contributed by atoms with Gasteiger partial charge in [0.15, 0.2) is 0 Å². The third kappa shape index (κ3) is 4.45. The van der Waals surface area contributed by atoms with Gasteiger partial charge in [-0.05, 0) is 30.5 Å². The number of methoxy groups -OCH3 is 1. The van der Waals surface area contributed by atoms with Crippen LogP contribution in [0.25, 0.3) is 0 Å². The topological polar surface area (TPSA) is 70.2 Å². The molecule has 2 saturated heterocycles. The second-order valence-electron chi connectivity index (χ2n) is 8.62. The number of rotatable bonds is 5. The highest BCUT2D eigenvalue weighted by molar-refractivity contribution is 5.89. The van der Waals surface area contributed by atoms with Crippen molar-refractivity contribution in [3.63, 3.8) is 0 Å². The Morgan fingerprint density at radius 2 is 1.77 bits per heavy atom. The number of nitrogens with zero attached hydrogens (tertiary/aromatic N) is 3. The maximum absolute atomic E-state index is 13.0. The Bertz CT molecular complexity index is 797. The maximum atomic E-state index is 13.0. The third-order valence-corrected chi connectivity index (χ3v) is 6.71. The van der Waals surface area contributed by atoms with Crippen LogP contribution in [-0.2, 0) is 20.8 Å². The average Bonchev–Trinajstić information content (AvgIpc) is 3.43. The molecule has 2 heterocycles. The number of ether oxygens (including phenoxy) is 1. The number of carbonyl (C=O) groups is 3. The quantitative estimate of drug-likeness (QED) is 0.737. The van der Waals surface area contributed by atoms with Crippen LogP contribution in [0.5, 0.6) is 5.75 Å². The predicted octanol–water partition coefficient (Wildman–Crippen LogP) is 1.70. The number of hydrogen-bond acceptors (Lipinski definition) is 4. The highest BCUT2D eigenvalue weighted by Gasteiger charge is 2.40. The molecule has 1 aliphatic carbocycles. The first-order valence-electron chi connectivity index (χ1n) is 11.0. The number of amides is 3. The molecule has 0 bridgehead atoms. The summed E-state index contributed by atoms with van der Waals surface area (Å²) in [6.07, 6.45) is 5.17. The summed E-state index contributed by atoms with van der Waals surface area (Å²) in [7, 11) is 1.61. The Kier molecular flexibility index (Phi) is 6.25. The summed E-state index contributed by atoms with van der Waals surface area (Å²) in [5.74, 6) is 0.792. The Labute approximate surface area is 177 Å². The van der Waals surface area contributed by atoms with Crippen molar-refractivity contribution in [1.29, 1.82) is 0 Å². The molecule has 7 heteroatoms. The number of hydrogen-bond donors (Lipinski definition) is 0. The molecule has 4 rings (SSSR count). The van der Waals surface area contributed by atoms with E-state index in [1.54, 1.807) is 7.11 Å². The van der Waals surface area contributed by atoms with Gasteiger partial charge in [0.2, 0.25) is 17.7 Å². The van der Waals surface area contributed by atoms with Crippen LogP contribution in [0, 0.1) is 5.92 Å². The second kappa shape index (κ2) is 9.06. The smallest absolute Gasteiger partial charge is 0.228 e. The lowest BCUT2D eigenvalue weighted by Gasteiger charge is -2.36. The highest BCUT2D eigenvalue weighted by atomic mass is 16.5. The summed E-state index contributed by atoms with van der Waals surface area (Å²) in [5.41, 5.74) is 0.925. The molecule has 7 nitrogen and oxygen atoms in total. The fourth-order valence-electron chi connectivity index (χ4n) is 4.97. The van der Waals surface area contributed by atoms with Crippen molar-refractivity contribution in [2.75, 3.05) is 39.8 Å². The molecule has 30 heavy (non-hydrogen) atoms. The molecule has 0 aromatic heterocycles. The molecular weight excluding hydrogens is 382 g/mol. The zero-order chi connectivity index (χ0) is 21.1. The standard InChI is InChI=1S/C23H31N3O4/c1-30-20-8-4-5-17(13-20)14-21(27)24-9-11-25(12-10-24)23(29)18-15-22(28)26(16-18)19-6-2-3-7-19/h4-5,8,13,18-19H,2-3,6-7,9-12,14-16H2,1H3. The van der Waals surface area contributed by atoms with E-state index in [1.165, 1.54) is 12.8 Å². The minimum absolute atomic E-state index is 0.0683. The first-order valence-corrected chi connectivity index (χ1v) is 11.0. The van der Waals surface area contributed by atoms with E-state index < -0.39 is 0 Å². The van der Waals surface area contributed by atoms with Crippen molar-refractivity contribution in [2.45, 2.75) is 44.6 Å². The lowest BCUT2D eigenvalue weighted by molar-refractivity contribution is -0.141. The van der Waals surface area contributed by atoms with E-state index in [-0.39, 0.29) is 23.6 Å². The van der Waals surface area contributed by atoms with E-state index >= 15 is 0 Å². The summed E-state index contributed by atoms with van der Waals surface area (Å²) in [5, 5.41) is 0. The van der Waals surface area contributed by atoms with Crippen LogP contribution >= 0.6 is 0 Å². The van der Waals surface area contributed by atoms with Crippen LogP contribution in [0.3, 0.4) is 0 Å². The predicted molar refractivity (Wildman–Crippen MR) is 112 cm³/mol. The molecule has 0 N–H and O–H groups in total. The van der Waals surface area contributed by atoms with Gasteiger partial charge >= 0.3 is 0 Å². The monoisotopic (exact) mass is 413 g/mol. The van der Waals surface area contributed by atoms with Gasteiger partial charge in [-0.15, -0.1) is 0 Å². The Balaban J connectivity index is 1.27. The maximum Gasteiger partial charge on any atom is 0.228 e. The summed E-state index contributed by atoms with van der Waals surface area (Å²) < 4.78 is 5.22. The van der Waals surface area contributed by atoms with Crippen molar-refractivity contribution in [3.8, 4) is 5.75 Å². The van der Waals surface area contributed by atoms with Crippen LogP contribution in [0.15, 0.2) is 24.3 Å². The minimum atomic E-state index is -0.225. The average molecular weight is 414 g/mol. The van der Waals surface area contributed by atoms with Crippen molar-refractivity contribution >= 4 is 17.7 Å². The zero-order valence-corrected chi connectivity index (χ0v) is 17.7. The first-order chi connectivity index (χ1) is 14.5. The fourth-order valence-corrected chi connectivity index (χ4v) is 4.97. The van der Waals surface area contributed by atoms with Gasteiger partial charge in [-0.2, -0.15) is 0 Å². The molecule has 1 aromatic rings. The summed E-state index contributed by atoms with van der Waals surface area (Å²) in [6, 6.07) is 7.88. The van der Waals surface area contributed by atoms with Crippen LogP contribution in [0.4, 0.5) is 0 Å². The van der Waals surface area contributed by atoms with Gasteiger partial charge in [0.05, 0.1) is 19.4 Å². The molecule has 1 aromatic carbocycles. The van der Waals surface area contributed by atoms with Crippen LogP contribution in [0.1, 0.15) is 37.7 Å². The molecular formula is C23H31N3O4. The molecule has 162 valence electrons. The summed E-state index contributed by atoms with van der Waals surface area (Å²) in [6.45, 7) is 2.73. The van der Waals surface area contributed by atoms with Gasteiger partial charge in [0.25, 0.3) is 0 Å². The molecule has 1 unspecified atom stereocenters. The molecule has 2 aliphatic heterocycles. The van der Waals surface area contributed by atoms with E-state index in [2.05, 4.69) is 0 Å². The summed E-state index contributed by atoms with van der Waals surface area (Å²) in [4.78, 5) is 43.7. The fraction of sp³-hybridized carbons (Fsp3) is 0.609. The Morgan fingerprint density at radius 1 is 1.07 bits per heavy atom. The lowest BCUT2D eigenvalue weighted by Crippen LogP contribution is -2.52. The van der Waals surface area contributed by atoms with Crippen LogP contribution in [-0.4, -0.2) is 78.3 Å². The van der Waals surface area contributed by atoms with E-state index in [9.17, 15) is 14.4 Å². The number of likely N-dealkylation sites (tertiary alicyclic amines) is 1. The molecule has 3 amide bonds. The second-order valence-corrected chi connectivity index (χ2v) is 8.62. The van der Waals surface area contributed by atoms with Crippen LogP contribution < -0.4 is 4.74 Å².